The zero-order chi connectivity index (χ0) is 13.4. The SMILES string of the molecule is C=CCC(C)NCc1ccc(OCC)c(OC)c1. The molecule has 0 aliphatic rings. The lowest BCUT2D eigenvalue weighted by molar-refractivity contribution is 0.310. The Morgan fingerprint density at radius 2 is 2.17 bits per heavy atom. The van der Waals surface area contributed by atoms with E-state index in [1.807, 2.05) is 25.1 Å². The van der Waals surface area contributed by atoms with Crippen molar-refractivity contribution in [3.8, 4) is 11.5 Å². The molecule has 1 rings (SSSR count). The quantitative estimate of drug-likeness (QED) is 0.718. The van der Waals surface area contributed by atoms with Crippen molar-refractivity contribution in [3.05, 3.63) is 36.4 Å². The Hall–Kier alpha value is -1.48. The topological polar surface area (TPSA) is 30.5 Å². The molecule has 3 nitrogen and oxygen atoms in total. The van der Waals surface area contributed by atoms with E-state index in [0.29, 0.717) is 12.6 Å². The van der Waals surface area contributed by atoms with Gasteiger partial charge in [-0.05, 0) is 38.0 Å². The highest BCUT2D eigenvalue weighted by molar-refractivity contribution is 5.42. The maximum absolute atomic E-state index is 5.49. The van der Waals surface area contributed by atoms with Crippen LogP contribution in [0, 0.1) is 0 Å². The van der Waals surface area contributed by atoms with E-state index < -0.39 is 0 Å². The number of rotatable bonds is 8. The summed E-state index contributed by atoms with van der Waals surface area (Å²) in [5.74, 6) is 1.58. The van der Waals surface area contributed by atoms with Gasteiger partial charge in [0.2, 0.25) is 0 Å². The molecule has 0 saturated carbocycles. The molecule has 1 atom stereocenters. The minimum Gasteiger partial charge on any atom is -0.493 e. The van der Waals surface area contributed by atoms with Crippen LogP contribution in [0.1, 0.15) is 25.8 Å². The Morgan fingerprint density at radius 1 is 1.39 bits per heavy atom. The fourth-order valence-corrected chi connectivity index (χ4v) is 1.72. The summed E-state index contributed by atoms with van der Waals surface area (Å²) in [6, 6.07) is 6.46. The van der Waals surface area contributed by atoms with Crippen LogP contribution in [0.15, 0.2) is 30.9 Å². The average Bonchev–Trinajstić information content (AvgIpc) is 2.38. The van der Waals surface area contributed by atoms with Gasteiger partial charge in [0, 0.05) is 12.6 Å². The highest BCUT2D eigenvalue weighted by Crippen LogP contribution is 2.27. The molecule has 1 N–H and O–H groups in total. The molecule has 3 heteroatoms. The fraction of sp³-hybridized carbons (Fsp3) is 0.467. The van der Waals surface area contributed by atoms with Crippen molar-refractivity contribution in [2.24, 2.45) is 0 Å². The molecule has 0 amide bonds. The Kier molecular flexibility index (Phi) is 6.29. The number of methoxy groups -OCH3 is 1. The minimum absolute atomic E-state index is 0.431. The molecular weight excluding hydrogens is 226 g/mol. The Labute approximate surface area is 110 Å². The summed E-state index contributed by atoms with van der Waals surface area (Å²) in [6.45, 7) is 9.31. The lowest BCUT2D eigenvalue weighted by Crippen LogP contribution is -2.24. The van der Waals surface area contributed by atoms with E-state index in [1.54, 1.807) is 7.11 Å². The summed E-state index contributed by atoms with van der Waals surface area (Å²) in [6.07, 6.45) is 2.89. The lowest BCUT2D eigenvalue weighted by Gasteiger charge is -2.14. The monoisotopic (exact) mass is 249 g/mol. The van der Waals surface area contributed by atoms with Crippen LogP contribution in [0.4, 0.5) is 0 Å². The van der Waals surface area contributed by atoms with Gasteiger partial charge in [-0.3, -0.25) is 0 Å². The van der Waals surface area contributed by atoms with E-state index in [1.165, 1.54) is 5.56 Å². The number of hydrogen-bond donors (Lipinski definition) is 1. The molecule has 18 heavy (non-hydrogen) atoms. The van der Waals surface area contributed by atoms with Crippen LogP contribution in [0.25, 0.3) is 0 Å². The first-order valence-corrected chi connectivity index (χ1v) is 6.35. The summed E-state index contributed by atoms with van der Waals surface area (Å²) < 4.78 is 10.8. The van der Waals surface area contributed by atoms with Gasteiger partial charge in [-0.1, -0.05) is 12.1 Å². The molecule has 0 radical (unpaired) electrons. The predicted molar refractivity (Wildman–Crippen MR) is 75.3 cm³/mol. The first kappa shape index (κ1) is 14.6. The maximum Gasteiger partial charge on any atom is 0.161 e. The second kappa shape index (κ2) is 7.77. The predicted octanol–water partition coefficient (Wildman–Crippen LogP) is 3.15. The molecule has 0 fully saturated rings. The third kappa shape index (κ3) is 4.41. The van der Waals surface area contributed by atoms with E-state index >= 15 is 0 Å². The summed E-state index contributed by atoms with van der Waals surface area (Å²) >= 11 is 0. The van der Waals surface area contributed by atoms with Gasteiger partial charge in [0.05, 0.1) is 13.7 Å². The van der Waals surface area contributed by atoms with E-state index in [4.69, 9.17) is 9.47 Å². The molecule has 0 aromatic heterocycles. The van der Waals surface area contributed by atoms with Gasteiger partial charge in [0.25, 0.3) is 0 Å². The maximum atomic E-state index is 5.49. The van der Waals surface area contributed by atoms with Crippen molar-refractivity contribution in [2.75, 3.05) is 13.7 Å². The minimum atomic E-state index is 0.431. The molecule has 100 valence electrons. The fourth-order valence-electron chi connectivity index (χ4n) is 1.72. The lowest BCUT2D eigenvalue weighted by atomic mass is 10.1. The first-order valence-electron chi connectivity index (χ1n) is 6.35. The van der Waals surface area contributed by atoms with Crippen LogP contribution in [0.2, 0.25) is 0 Å². The molecule has 1 aromatic rings. The molecule has 1 aromatic carbocycles. The normalized spacial score (nSPS) is 11.9. The van der Waals surface area contributed by atoms with Gasteiger partial charge in [0.15, 0.2) is 11.5 Å². The summed E-state index contributed by atoms with van der Waals surface area (Å²) in [7, 11) is 1.66. The molecule has 0 saturated heterocycles. The summed E-state index contributed by atoms with van der Waals surface area (Å²) in [4.78, 5) is 0. The van der Waals surface area contributed by atoms with Crippen LogP contribution < -0.4 is 14.8 Å². The Morgan fingerprint density at radius 3 is 2.78 bits per heavy atom. The Balaban J connectivity index is 2.64. The van der Waals surface area contributed by atoms with Crippen LogP contribution in [-0.2, 0) is 6.54 Å². The van der Waals surface area contributed by atoms with Crippen LogP contribution in [-0.4, -0.2) is 19.8 Å². The van der Waals surface area contributed by atoms with E-state index in [9.17, 15) is 0 Å². The number of ether oxygens (including phenoxy) is 2. The van der Waals surface area contributed by atoms with Crippen molar-refractivity contribution >= 4 is 0 Å². The van der Waals surface area contributed by atoms with Crippen molar-refractivity contribution in [1.29, 1.82) is 0 Å². The molecule has 0 aliphatic heterocycles. The number of nitrogens with one attached hydrogen (secondary N) is 1. The van der Waals surface area contributed by atoms with Crippen LogP contribution >= 0.6 is 0 Å². The van der Waals surface area contributed by atoms with Crippen molar-refractivity contribution in [2.45, 2.75) is 32.9 Å². The smallest absolute Gasteiger partial charge is 0.161 e. The largest absolute Gasteiger partial charge is 0.493 e. The highest BCUT2D eigenvalue weighted by atomic mass is 16.5. The average molecular weight is 249 g/mol. The standard InChI is InChI=1S/C15H23NO2/c1-5-7-12(3)16-11-13-8-9-14(18-6-2)15(10-13)17-4/h5,8-10,12,16H,1,6-7,11H2,2-4H3. The third-order valence-electron chi connectivity index (χ3n) is 2.70. The van der Waals surface area contributed by atoms with Gasteiger partial charge >= 0.3 is 0 Å². The second-order valence-corrected chi connectivity index (χ2v) is 4.22. The molecular formula is C15H23NO2. The van der Waals surface area contributed by atoms with E-state index in [-0.39, 0.29) is 0 Å². The second-order valence-electron chi connectivity index (χ2n) is 4.22. The summed E-state index contributed by atoms with van der Waals surface area (Å²) in [5, 5.41) is 3.43. The number of hydrogen-bond acceptors (Lipinski definition) is 3. The highest BCUT2D eigenvalue weighted by Gasteiger charge is 2.06. The van der Waals surface area contributed by atoms with Gasteiger partial charge in [-0.2, -0.15) is 0 Å². The van der Waals surface area contributed by atoms with Crippen molar-refractivity contribution in [3.63, 3.8) is 0 Å². The van der Waals surface area contributed by atoms with Gasteiger partial charge < -0.3 is 14.8 Å². The van der Waals surface area contributed by atoms with Crippen molar-refractivity contribution in [1.82, 2.24) is 5.32 Å². The zero-order valence-corrected chi connectivity index (χ0v) is 11.5. The van der Waals surface area contributed by atoms with E-state index in [2.05, 4.69) is 24.9 Å². The molecule has 0 heterocycles. The number of benzene rings is 1. The Bertz CT molecular complexity index is 377. The van der Waals surface area contributed by atoms with Crippen molar-refractivity contribution < 1.29 is 9.47 Å². The van der Waals surface area contributed by atoms with E-state index in [0.717, 1.165) is 24.5 Å². The molecule has 1 unspecified atom stereocenters. The molecule has 0 aliphatic carbocycles. The van der Waals surface area contributed by atoms with Gasteiger partial charge in [-0.25, -0.2) is 0 Å². The first-order chi connectivity index (χ1) is 8.71. The zero-order valence-electron chi connectivity index (χ0n) is 11.5. The van der Waals surface area contributed by atoms with Crippen LogP contribution in [0.5, 0.6) is 11.5 Å². The molecule has 0 spiro atoms. The van der Waals surface area contributed by atoms with Gasteiger partial charge in [0.1, 0.15) is 0 Å². The molecule has 0 bridgehead atoms. The third-order valence-corrected chi connectivity index (χ3v) is 2.70. The van der Waals surface area contributed by atoms with Gasteiger partial charge in [-0.15, -0.1) is 6.58 Å². The summed E-state index contributed by atoms with van der Waals surface area (Å²) in [5.41, 5.74) is 1.19. The van der Waals surface area contributed by atoms with Crippen LogP contribution in [0.3, 0.4) is 0 Å².